The standard InChI is InChI=1S/C20H28O10/c1-3-10-4-6-11(7-5-10)28-20-18(16(25)14(23)12(8-21)29-20)30-19-17(26)15(24)13(22)9(2)27-19/h3-7,9,12-26H,1,8H2,2H3. The molecule has 0 saturated carbocycles. The molecule has 10 atom stereocenters. The molecule has 0 spiro atoms. The van der Waals surface area contributed by atoms with Crippen LogP contribution in [0.25, 0.3) is 6.08 Å². The van der Waals surface area contributed by atoms with Crippen molar-refractivity contribution < 1.29 is 49.6 Å². The summed E-state index contributed by atoms with van der Waals surface area (Å²) in [5, 5.41) is 60.3. The van der Waals surface area contributed by atoms with E-state index in [0.29, 0.717) is 5.75 Å². The van der Waals surface area contributed by atoms with Gasteiger partial charge in [-0.15, -0.1) is 0 Å². The highest BCUT2D eigenvalue weighted by Gasteiger charge is 2.50. The van der Waals surface area contributed by atoms with Gasteiger partial charge in [-0.05, 0) is 24.6 Å². The average molecular weight is 428 g/mol. The van der Waals surface area contributed by atoms with Crippen LogP contribution >= 0.6 is 0 Å². The van der Waals surface area contributed by atoms with E-state index in [-0.39, 0.29) is 0 Å². The van der Waals surface area contributed by atoms with Crippen LogP contribution in [0.2, 0.25) is 0 Å². The monoisotopic (exact) mass is 428 g/mol. The van der Waals surface area contributed by atoms with Gasteiger partial charge >= 0.3 is 0 Å². The van der Waals surface area contributed by atoms with Crippen molar-refractivity contribution in [2.45, 2.75) is 68.3 Å². The van der Waals surface area contributed by atoms with Crippen molar-refractivity contribution in [3.63, 3.8) is 0 Å². The molecule has 2 saturated heterocycles. The minimum atomic E-state index is -1.62. The molecule has 2 heterocycles. The van der Waals surface area contributed by atoms with Gasteiger partial charge in [0, 0.05) is 0 Å². The molecule has 0 radical (unpaired) electrons. The lowest BCUT2D eigenvalue weighted by Gasteiger charge is -2.45. The average Bonchev–Trinajstić information content (AvgIpc) is 2.75. The third kappa shape index (κ3) is 4.67. The highest BCUT2D eigenvalue weighted by molar-refractivity contribution is 5.48. The molecule has 2 aliphatic heterocycles. The van der Waals surface area contributed by atoms with Crippen molar-refractivity contribution in [2.75, 3.05) is 6.61 Å². The molecule has 2 aliphatic rings. The van der Waals surface area contributed by atoms with Crippen LogP contribution in [0.15, 0.2) is 30.8 Å². The van der Waals surface area contributed by atoms with Gasteiger partial charge in [-0.2, -0.15) is 0 Å². The SMILES string of the molecule is C=Cc1ccc(OC2OC(CO)C(O)C(O)C2OC2OC(C)C(O)C(O)C2O)cc1. The summed E-state index contributed by atoms with van der Waals surface area (Å²) in [6, 6.07) is 6.75. The highest BCUT2D eigenvalue weighted by atomic mass is 16.8. The Balaban J connectivity index is 1.80. The van der Waals surface area contributed by atoms with Crippen molar-refractivity contribution in [2.24, 2.45) is 0 Å². The Bertz CT molecular complexity index is 697. The predicted molar refractivity (Wildman–Crippen MR) is 102 cm³/mol. The molecular formula is C20H28O10. The fourth-order valence-corrected chi connectivity index (χ4v) is 3.39. The first-order chi connectivity index (χ1) is 14.3. The van der Waals surface area contributed by atoms with E-state index in [1.54, 1.807) is 30.3 Å². The summed E-state index contributed by atoms with van der Waals surface area (Å²) >= 11 is 0. The van der Waals surface area contributed by atoms with Gasteiger partial charge in [0.2, 0.25) is 6.29 Å². The van der Waals surface area contributed by atoms with Crippen molar-refractivity contribution in [1.29, 1.82) is 0 Å². The third-order valence-electron chi connectivity index (χ3n) is 5.29. The largest absolute Gasteiger partial charge is 0.462 e. The van der Waals surface area contributed by atoms with Crippen LogP contribution in [-0.4, -0.2) is 98.7 Å². The first-order valence-corrected chi connectivity index (χ1v) is 9.63. The number of aliphatic hydroxyl groups excluding tert-OH is 6. The number of rotatable bonds is 6. The summed E-state index contributed by atoms with van der Waals surface area (Å²) in [4.78, 5) is 0. The lowest BCUT2D eigenvalue weighted by atomic mass is 9.97. The van der Waals surface area contributed by atoms with Gasteiger partial charge < -0.3 is 49.6 Å². The fourth-order valence-electron chi connectivity index (χ4n) is 3.39. The number of benzene rings is 1. The van der Waals surface area contributed by atoms with Crippen LogP contribution in [0, 0.1) is 0 Å². The number of ether oxygens (including phenoxy) is 4. The van der Waals surface area contributed by atoms with Crippen molar-refractivity contribution in [3.8, 4) is 5.75 Å². The van der Waals surface area contributed by atoms with Gasteiger partial charge in [0.1, 0.15) is 42.4 Å². The van der Waals surface area contributed by atoms with Gasteiger partial charge in [0.25, 0.3) is 0 Å². The van der Waals surface area contributed by atoms with Gasteiger partial charge in [0.05, 0.1) is 12.7 Å². The van der Waals surface area contributed by atoms with Gasteiger partial charge in [-0.25, -0.2) is 0 Å². The zero-order valence-corrected chi connectivity index (χ0v) is 16.4. The summed E-state index contributed by atoms with van der Waals surface area (Å²) in [5.41, 5.74) is 0.851. The number of aliphatic hydroxyl groups is 6. The topological polar surface area (TPSA) is 158 Å². The minimum Gasteiger partial charge on any atom is -0.462 e. The summed E-state index contributed by atoms with van der Waals surface area (Å²) in [6.45, 7) is 4.57. The molecule has 168 valence electrons. The van der Waals surface area contributed by atoms with E-state index in [4.69, 9.17) is 18.9 Å². The lowest BCUT2D eigenvalue weighted by Crippen LogP contribution is -2.64. The summed E-state index contributed by atoms with van der Waals surface area (Å²) in [6.07, 6.45) is -12.0. The Hall–Kier alpha value is -1.60. The first-order valence-electron chi connectivity index (χ1n) is 9.63. The molecule has 1 aromatic carbocycles. The van der Waals surface area contributed by atoms with E-state index >= 15 is 0 Å². The molecule has 1 aromatic rings. The number of hydrogen-bond donors (Lipinski definition) is 6. The predicted octanol–water partition coefficient (Wildman–Crippen LogP) is -1.64. The molecule has 0 aliphatic carbocycles. The van der Waals surface area contributed by atoms with E-state index in [1.807, 2.05) is 0 Å². The zero-order chi connectivity index (χ0) is 22.0. The van der Waals surface area contributed by atoms with Crippen LogP contribution in [0.4, 0.5) is 0 Å². The Morgan fingerprint density at radius 2 is 1.57 bits per heavy atom. The minimum absolute atomic E-state index is 0.355. The van der Waals surface area contributed by atoms with E-state index in [2.05, 4.69) is 6.58 Å². The molecule has 6 N–H and O–H groups in total. The second-order valence-electron chi connectivity index (χ2n) is 7.38. The normalized spacial score (nSPS) is 42.0. The molecule has 0 aromatic heterocycles. The molecule has 3 rings (SSSR count). The van der Waals surface area contributed by atoms with Crippen LogP contribution in [0.5, 0.6) is 5.75 Å². The smallest absolute Gasteiger partial charge is 0.229 e. The highest BCUT2D eigenvalue weighted by Crippen LogP contribution is 2.30. The zero-order valence-electron chi connectivity index (χ0n) is 16.4. The summed E-state index contributed by atoms with van der Waals surface area (Å²) in [5.74, 6) is 0.355. The Labute approximate surface area is 173 Å². The summed E-state index contributed by atoms with van der Waals surface area (Å²) in [7, 11) is 0. The summed E-state index contributed by atoms with van der Waals surface area (Å²) < 4.78 is 22.4. The molecule has 10 unspecified atom stereocenters. The maximum Gasteiger partial charge on any atom is 0.229 e. The molecular weight excluding hydrogens is 400 g/mol. The fraction of sp³-hybridized carbons (Fsp3) is 0.600. The second kappa shape index (κ2) is 9.69. The molecule has 2 fully saturated rings. The third-order valence-corrected chi connectivity index (χ3v) is 5.29. The molecule has 10 heteroatoms. The van der Waals surface area contributed by atoms with E-state index < -0.39 is 68.0 Å². The van der Waals surface area contributed by atoms with Crippen molar-refractivity contribution >= 4 is 6.08 Å². The van der Waals surface area contributed by atoms with Crippen LogP contribution in [-0.2, 0) is 14.2 Å². The Kier molecular flexibility index (Phi) is 7.45. The van der Waals surface area contributed by atoms with Gasteiger partial charge in [-0.1, -0.05) is 24.8 Å². The van der Waals surface area contributed by atoms with E-state index in [0.717, 1.165) is 5.56 Å². The Morgan fingerprint density at radius 1 is 0.900 bits per heavy atom. The van der Waals surface area contributed by atoms with Gasteiger partial charge in [0.15, 0.2) is 12.4 Å². The molecule has 30 heavy (non-hydrogen) atoms. The maximum atomic E-state index is 10.6. The lowest BCUT2D eigenvalue weighted by molar-refractivity contribution is -0.354. The van der Waals surface area contributed by atoms with Crippen LogP contribution in [0.3, 0.4) is 0 Å². The van der Waals surface area contributed by atoms with Gasteiger partial charge in [-0.3, -0.25) is 0 Å². The molecule has 0 amide bonds. The molecule has 0 bridgehead atoms. The maximum absolute atomic E-state index is 10.6. The van der Waals surface area contributed by atoms with Crippen molar-refractivity contribution in [1.82, 2.24) is 0 Å². The van der Waals surface area contributed by atoms with E-state index in [9.17, 15) is 30.6 Å². The van der Waals surface area contributed by atoms with Crippen LogP contribution in [0.1, 0.15) is 12.5 Å². The van der Waals surface area contributed by atoms with E-state index in [1.165, 1.54) is 6.92 Å². The first kappa shape index (κ1) is 23.1. The quantitative estimate of drug-likeness (QED) is 0.310. The van der Waals surface area contributed by atoms with Crippen molar-refractivity contribution in [3.05, 3.63) is 36.4 Å². The van der Waals surface area contributed by atoms with Crippen LogP contribution < -0.4 is 4.74 Å². The molecule has 10 nitrogen and oxygen atoms in total. The second-order valence-corrected chi connectivity index (χ2v) is 7.38. The number of hydrogen-bond acceptors (Lipinski definition) is 10. The Morgan fingerprint density at radius 3 is 2.17 bits per heavy atom.